The number of nitrogens with zero attached hydrogens (tertiary/aromatic N) is 2. The first-order valence-electron chi connectivity index (χ1n) is 10.1. The highest BCUT2D eigenvalue weighted by molar-refractivity contribution is 5.92. The Balaban J connectivity index is 1.62. The molecule has 0 spiro atoms. The highest BCUT2D eigenvalue weighted by Crippen LogP contribution is 2.38. The largest absolute Gasteiger partial charge is 0.493 e. The van der Waals surface area contributed by atoms with Crippen molar-refractivity contribution in [1.29, 1.82) is 0 Å². The number of hydrogen-bond donors (Lipinski definition) is 0. The second-order valence-corrected chi connectivity index (χ2v) is 7.23. The molecule has 3 aromatic rings. The zero-order chi connectivity index (χ0) is 22.5. The van der Waals surface area contributed by atoms with Crippen molar-refractivity contribution in [1.82, 2.24) is 9.88 Å². The van der Waals surface area contributed by atoms with Gasteiger partial charge in [-0.05, 0) is 42.0 Å². The number of benzene rings is 2. The van der Waals surface area contributed by atoms with Gasteiger partial charge in [0.25, 0.3) is 0 Å². The van der Waals surface area contributed by atoms with E-state index in [0.29, 0.717) is 42.6 Å². The molecule has 6 nitrogen and oxygen atoms in total. The summed E-state index contributed by atoms with van der Waals surface area (Å²) >= 11 is 0. The average molecular weight is 434 g/mol. The van der Waals surface area contributed by atoms with Crippen molar-refractivity contribution in [2.24, 2.45) is 0 Å². The summed E-state index contributed by atoms with van der Waals surface area (Å²) in [5.74, 6) is 1.17. The van der Waals surface area contributed by atoms with Crippen molar-refractivity contribution in [3.8, 4) is 28.6 Å². The molecule has 2 aromatic carbocycles. The van der Waals surface area contributed by atoms with Gasteiger partial charge in [-0.1, -0.05) is 18.2 Å². The van der Waals surface area contributed by atoms with Gasteiger partial charge in [0.05, 0.1) is 26.5 Å². The summed E-state index contributed by atoms with van der Waals surface area (Å²) in [4.78, 5) is 19.0. The van der Waals surface area contributed by atoms with Crippen LogP contribution in [0.4, 0.5) is 4.39 Å². The van der Waals surface area contributed by atoms with Crippen molar-refractivity contribution >= 4 is 12.0 Å². The van der Waals surface area contributed by atoms with Gasteiger partial charge in [-0.15, -0.1) is 0 Å². The summed E-state index contributed by atoms with van der Waals surface area (Å²) in [6.45, 7) is 1.09. The fraction of sp³-hybridized carbons (Fsp3) is 0.200. The SMILES string of the molecule is COc1cccc(-c2cc3c(c(OC)c2)OCCN(C(=O)/C=C/c2cccc(F)c2)C3)n1. The van der Waals surface area contributed by atoms with Crippen LogP contribution < -0.4 is 14.2 Å². The van der Waals surface area contributed by atoms with Crippen molar-refractivity contribution in [2.75, 3.05) is 27.4 Å². The molecule has 32 heavy (non-hydrogen) atoms. The Labute approximate surface area is 185 Å². The Morgan fingerprint density at radius 2 is 1.97 bits per heavy atom. The van der Waals surface area contributed by atoms with E-state index in [1.807, 2.05) is 24.3 Å². The molecular formula is C25H23FN2O4. The minimum absolute atomic E-state index is 0.186. The van der Waals surface area contributed by atoms with Gasteiger partial charge in [-0.3, -0.25) is 4.79 Å². The number of amides is 1. The van der Waals surface area contributed by atoms with Gasteiger partial charge in [-0.2, -0.15) is 0 Å². The smallest absolute Gasteiger partial charge is 0.246 e. The van der Waals surface area contributed by atoms with Crippen LogP contribution in [0.15, 0.2) is 60.7 Å². The van der Waals surface area contributed by atoms with Crippen molar-refractivity contribution < 1.29 is 23.4 Å². The number of ether oxygens (including phenoxy) is 3. The number of aromatic nitrogens is 1. The lowest BCUT2D eigenvalue weighted by atomic mass is 10.0. The standard InChI is InChI=1S/C25H23FN2O4/c1-30-22-15-18(21-7-4-8-23(27-21)31-2)14-19-16-28(11-12-32-25(19)22)24(29)10-9-17-5-3-6-20(26)13-17/h3-10,13-15H,11-12,16H2,1-2H3/b10-9+. The molecule has 0 unspecified atom stereocenters. The van der Waals surface area contributed by atoms with Crippen LogP contribution in [-0.2, 0) is 11.3 Å². The lowest BCUT2D eigenvalue weighted by molar-refractivity contribution is -0.126. The number of hydrogen-bond acceptors (Lipinski definition) is 5. The van der Waals surface area contributed by atoms with Gasteiger partial charge in [0.15, 0.2) is 11.5 Å². The first kappa shape index (κ1) is 21.4. The van der Waals surface area contributed by atoms with E-state index in [1.54, 1.807) is 43.4 Å². The minimum atomic E-state index is -0.345. The van der Waals surface area contributed by atoms with Crippen LogP contribution in [0.1, 0.15) is 11.1 Å². The molecule has 4 rings (SSSR count). The molecule has 1 aromatic heterocycles. The maximum atomic E-state index is 13.4. The normalized spacial score (nSPS) is 13.3. The van der Waals surface area contributed by atoms with Gasteiger partial charge in [0, 0.05) is 29.8 Å². The first-order chi connectivity index (χ1) is 15.6. The maximum absolute atomic E-state index is 13.4. The molecule has 0 atom stereocenters. The molecule has 0 fully saturated rings. The van der Waals surface area contributed by atoms with Gasteiger partial charge in [-0.25, -0.2) is 9.37 Å². The molecule has 1 aliphatic rings. The molecule has 0 N–H and O–H groups in total. The van der Waals surface area contributed by atoms with Gasteiger partial charge >= 0.3 is 0 Å². The Hall–Kier alpha value is -3.87. The molecule has 0 bridgehead atoms. The Morgan fingerprint density at radius 3 is 2.75 bits per heavy atom. The fourth-order valence-corrected chi connectivity index (χ4v) is 3.54. The van der Waals surface area contributed by atoms with Crippen LogP contribution in [0.5, 0.6) is 17.4 Å². The average Bonchev–Trinajstić information content (AvgIpc) is 3.04. The van der Waals surface area contributed by atoms with Crippen LogP contribution >= 0.6 is 0 Å². The lowest BCUT2D eigenvalue weighted by Crippen LogP contribution is -2.30. The van der Waals surface area contributed by atoms with Crippen LogP contribution in [0.25, 0.3) is 17.3 Å². The van der Waals surface area contributed by atoms with Crippen LogP contribution in [0.2, 0.25) is 0 Å². The number of carbonyl (C=O) groups excluding carboxylic acids is 1. The number of pyridine rings is 1. The third kappa shape index (κ3) is 4.72. The van der Waals surface area contributed by atoms with E-state index in [9.17, 15) is 9.18 Å². The Bertz CT molecular complexity index is 1160. The highest BCUT2D eigenvalue weighted by Gasteiger charge is 2.23. The third-order valence-corrected chi connectivity index (χ3v) is 5.13. The quantitative estimate of drug-likeness (QED) is 0.559. The summed E-state index contributed by atoms with van der Waals surface area (Å²) in [5.41, 5.74) is 2.98. The van der Waals surface area contributed by atoms with Crippen LogP contribution in [0.3, 0.4) is 0 Å². The molecule has 1 amide bonds. The first-order valence-corrected chi connectivity index (χ1v) is 10.1. The maximum Gasteiger partial charge on any atom is 0.246 e. The summed E-state index contributed by atoms with van der Waals surface area (Å²) in [6.07, 6.45) is 3.06. The van der Waals surface area contributed by atoms with E-state index in [-0.39, 0.29) is 11.7 Å². The molecular weight excluding hydrogens is 411 g/mol. The second kappa shape index (κ2) is 9.51. The Morgan fingerprint density at radius 1 is 1.12 bits per heavy atom. The molecule has 1 aliphatic heterocycles. The Kier molecular flexibility index (Phi) is 6.35. The van der Waals surface area contributed by atoms with Crippen LogP contribution in [-0.4, -0.2) is 43.2 Å². The number of carbonyl (C=O) groups is 1. The van der Waals surface area contributed by atoms with Gasteiger partial charge in [0.1, 0.15) is 12.4 Å². The molecule has 0 saturated carbocycles. The molecule has 0 saturated heterocycles. The van der Waals surface area contributed by atoms with Crippen LogP contribution in [0, 0.1) is 5.82 Å². The minimum Gasteiger partial charge on any atom is -0.493 e. The van der Waals surface area contributed by atoms with E-state index in [2.05, 4.69) is 4.98 Å². The predicted molar refractivity (Wildman–Crippen MR) is 119 cm³/mol. The number of fused-ring (bicyclic) bond motifs is 1. The zero-order valence-corrected chi connectivity index (χ0v) is 17.9. The van der Waals surface area contributed by atoms with Crippen molar-refractivity contribution in [3.63, 3.8) is 0 Å². The summed E-state index contributed by atoms with van der Waals surface area (Å²) in [7, 11) is 3.15. The molecule has 164 valence electrons. The highest BCUT2D eigenvalue weighted by atomic mass is 19.1. The predicted octanol–water partition coefficient (Wildman–Crippen LogP) is 4.34. The lowest BCUT2D eigenvalue weighted by Gasteiger charge is -2.18. The zero-order valence-electron chi connectivity index (χ0n) is 17.9. The van der Waals surface area contributed by atoms with E-state index in [1.165, 1.54) is 18.2 Å². The number of rotatable bonds is 5. The second-order valence-electron chi connectivity index (χ2n) is 7.23. The fourth-order valence-electron chi connectivity index (χ4n) is 3.54. The van der Waals surface area contributed by atoms with Gasteiger partial charge in [0.2, 0.25) is 11.8 Å². The van der Waals surface area contributed by atoms with Gasteiger partial charge < -0.3 is 19.1 Å². The molecule has 0 radical (unpaired) electrons. The van der Waals surface area contributed by atoms with Crippen molar-refractivity contribution in [3.05, 3.63) is 77.6 Å². The summed E-state index contributed by atoms with van der Waals surface area (Å²) in [6, 6.07) is 15.4. The van der Waals surface area contributed by atoms with E-state index < -0.39 is 0 Å². The number of methoxy groups -OCH3 is 2. The monoisotopic (exact) mass is 434 g/mol. The van der Waals surface area contributed by atoms with E-state index >= 15 is 0 Å². The molecule has 7 heteroatoms. The van der Waals surface area contributed by atoms with E-state index in [0.717, 1.165) is 16.8 Å². The summed E-state index contributed by atoms with van der Waals surface area (Å²) < 4.78 is 30.1. The number of halogens is 1. The topological polar surface area (TPSA) is 60.9 Å². The third-order valence-electron chi connectivity index (χ3n) is 5.13. The summed E-state index contributed by atoms with van der Waals surface area (Å²) in [5, 5.41) is 0. The molecule has 2 heterocycles. The van der Waals surface area contributed by atoms with E-state index in [4.69, 9.17) is 14.2 Å². The van der Waals surface area contributed by atoms with Crippen molar-refractivity contribution in [2.45, 2.75) is 6.54 Å². The molecule has 0 aliphatic carbocycles.